The SMILES string of the molecule is CC(NC(=O)c1cnc(-c2ccccn2)nc1O)c1ccc(O[PH](=O)O)cc1.CCCC. The molecule has 0 radical (unpaired) electrons. The Morgan fingerprint density at radius 2 is 1.81 bits per heavy atom. The third-order valence-electron chi connectivity index (χ3n) is 4.34. The molecule has 0 fully saturated rings. The van der Waals surface area contributed by atoms with Gasteiger partial charge >= 0.3 is 8.25 Å². The quantitative estimate of drug-likeness (QED) is 0.446. The summed E-state index contributed by atoms with van der Waals surface area (Å²) in [5.74, 6) is -0.526. The summed E-state index contributed by atoms with van der Waals surface area (Å²) >= 11 is 0. The predicted molar refractivity (Wildman–Crippen MR) is 122 cm³/mol. The number of benzene rings is 1. The first-order chi connectivity index (χ1) is 15.3. The number of unbranched alkanes of at least 4 members (excludes halogenated alkanes) is 1. The highest BCUT2D eigenvalue weighted by Gasteiger charge is 2.18. The lowest BCUT2D eigenvalue weighted by molar-refractivity contribution is 0.0936. The Morgan fingerprint density at radius 3 is 2.34 bits per heavy atom. The van der Waals surface area contributed by atoms with Gasteiger partial charge in [-0.05, 0) is 36.8 Å². The summed E-state index contributed by atoms with van der Waals surface area (Å²) in [6, 6.07) is 11.2. The summed E-state index contributed by atoms with van der Waals surface area (Å²) in [7, 11) is -3.07. The summed E-state index contributed by atoms with van der Waals surface area (Å²) in [4.78, 5) is 33.3. The van der Waals surface area contributed by atoms with Gasteiger partial charge in [-0.1, -0.05) is 44.9 Å². The minimum Gasteiger partial charge on any atom is -0.493 e. The third-order valence-corrected chi connectivity index (χ3v) is 4.75. The lowest BCUT2D eigenvalue weighted by atomic mass is 10.1. The van der Waals surface area contributed by atoms with Crippen LogP contribution in [0.3, 0.4) is 0 Å². The van der Waals surface area contributed by atoms with Crippen LogP contribution in [-0.4, -0.2) is 30.9 Å². The van der Waals surface area contributed by atoms with E-state index in [1.165, 1.54) is 31.2 Å². The maximum absolute atomic E-state index is 12.4. The van der Waals surface area contributed by atoms with Crippen molar-refractivity contribution < 1.29 is 23.9 Å². The molecule has 2 unspecified atom stereocenters. The molecular formula is C22H27N4O5P. The number of hydrogen-bond donors (Lipinski definition) is 3. The average molecular weight is 458 g/mol. The van der Waals surface area contributed by atoms with Gasteiger partial charge in [0.05, 0.1) is 6.04 Å². The van der Waals surface area contributed by atoms with E-state index in [2.05, 4.69) is 34.1 Å². The molecule has 3 N–H and O–H groups in total. The van der Waals surface area contributed by atoms with Crippen LogP contribution in [0, 0.1) is 0 Å². The van der Waals surface area contributed by atoms with Gasteiger partial charge in [0.1, 0.15) is 17.0 Å². The van der Waals surface area contributed by atoms with E-state index < -0.39 is 26.1 Å². The number of hydrogen-bond acceptors (Lipinski definition) is 7. The summed E-state index contributed by atoms with van der Waals surface area (Å²) in [5.41, 5.74) is 1.15. The van der Waals surface area contributed by atoms with E-state index in [9.17, 15) is 14.5 Å². The summed E-state index contributed by atoms with van der Waals surface area (Å²) in [6.07, 6.45) is 5.46. The molecule has 2 aromatic heterocycles. The lowest BCUT2D eigenvalue weighted by Gasteiger charge is -2.15. The monoisotopic (exact) mass is 458 g/mol. The molecule has 10 heteroatoms. The zero-order chi connectivity index (χ0) is 23.5. The van der Waals surface area contributed by atoms with Gasteiger partial charge in [-0.2, -0.15) is 4.98 Å². The number of nitrogens with one attached hydrogen (secondary N) is 1. The first-order valence-electron chi connectivity index (χ1n) is 10.1. The minimum absolute atomic E-state index is 0.0645. The number of carbonyl (C=O) groups is 1. The van der Waals surface area contributed by atoms with Gasteiger partial charge in [0.15, 0.2) is 5.82 Å². The fourth-order valence-corrected chi connectivity index (χ4v) is 2.77. The second-order valence-corrected chi connectivity index (χ2v) is 7.51. The topological polar surface area (TPSA) is 135 Å². The van der Waals surface area contributed by atoms with Crippen molar-refractivity contribution >= 4 is 14.2 Å². The Morgan fingerprint density at radius 1 is 1.12 bits per heavy atom. The van der Waals surface area contributed by atoms with Crippen molar-refractivity contribution in [2.45, 2.75) is 39.7 Å². The lowest BCUT2D eigenvalue weighted by Crippen LogP contribution is -2.27. The smallest absolute Gasteiger partial charge is 0.365 e. The van der Waals surface area contributed by atoms with Crippen molar-refractivity contribution in [2.75, 3.05) is 0 Å². The van der Waals surface area contributed by atoms with E-state index in [4.69, 9.17) is 9.42 Å². The van der Waals surface area contributed by atoms with Gasteiger partial charge in [0, 0.05) is 12.4 Å². The van der Waals surface area contributed by atoms with E-state index in [1.54, 1.807) is 43.5 Å². The Balaban J connectivity index is 0.000000837. The third kappa shape index (κ3) is 7.44. The van der Waals surface area contributed by atoms with Crippen LogP contribution in [0.4, 0.5) is 0 Å². The number of carbonyl (C=O) groups excluding carboxylic acids is 1. The second-order valence-electron chi connectivity index (χ2n) is 6.78. The van der Waals surface area contributed by atoms with E-state index in [-0.39, 0.29) is 17.1 Å². The summed E-state index contributed by atoms with van der Waals surface area (Å²) in [6.45, 7) is 6.11. The van der Waals surface area contributed by atoms with Gasteiger partial charge in [-0.3, -0.25) is 9.78 Å². The normalized spacial score (nSPS) is 12.1. The van der Waals surface area contributed by atoms with Gasteiger partial charge in [-0.25, -0.2) is 9.55 Å². The molecule has 2 heterocycles. The highest BCUT2D eigenvalue weighted by atomic mass is 31.1. The molecule has 0 bridgehead atoms. The molecule has 32 heavy (non-hydrogen) atoms. The maximum Gasteiger partial charge on any atom is 0.365 e. The number of amides is 1. The van der Waals surface area contributed by atoms with Crippen LogP contribution in [-0.2, 0) is 4.57 Å². The van der Waals surface area contributed by atoms with Crippen molar-refractivity contribution in [3.8, 4) is 23.1 Å². The van der Waals surface area contributed by atoms with Crippen LogP contribution >= 0.6 is 8.25 Å². The molecule has 9 nitrogen and oxygen atoms in total. The Labute approximate surface area is 187 Å². The zero-order valence-corrected chi connectivity index (χ0v) is 19.1. The summed E-state index contributed by atoms with van der Waals surface area (Å²) < 4.78 is 15.4. The summed E-state index contributed by atoms with van der Waals surface area (Å²) in [5, 5.41) is 12.9. The molecule has 0 spiro atoms. The van der Waals surface area contributed by atoms with Gasteiger partial charge in [0.2, 0.25) is 5.88 Å². The van der Waals surface area contributed by atoms with Gasteiger partial charge < -0.3 is 19.8 Å². The molecule has 1 aromatic carbocycles. The maximum atomic E-state index is 12.4. The standard InChI is InChI=1S/C18H17N4O5P.C4H10/c1-11(12-5-7-13(8-6-12)27-28(25)26)21-17(23)14-10-20-16(22-18(14)24)15-4-2-3-9-19-15;1-3-4-2/h2-11,28H,1H3,(H,21,23)(H,25,26)(H,20,22,24);3-4H2,1-2H3. The predicted octanol–water partition coefficient (Wildman–Crippen LogP) is 4.30. The van der Waals surface area contributed by atoms with Crippen molar-refractivity contribution in [2.24, 2.45) is 0 Å². The van der Waals surface area contributed by atoms with Gasteiger partial charge in [0.25, 0.3) is 5.91 Å². The van der Waals surface area contributed by atoms with E-state index in [1.807, 2.05) is 0 Å². The molecule has 0 saturated carbocycles. The first-order valence-corrected chi connectivity index (χ1v) is 11.4. The largest absolute Gasteiger partial charge is 0.493 e. The highest BCUT2D eigenvalue weighted by molar-refractivity contribution is 7.32. The van der Waals surface area contributed by atoms with Crippen molar-refractivity contribution in [3.05, 3.63) is 66.0 Å². The Bertz CT molecular complexity index is 1030. The zero-order valence-electron chi connectivity index (χ0n) is 18.1. The molecule has 0 aliphatic heterocycles. The first kappa shape index (κ1) is 25.0. The molecule has 3 aromatic rings. The molecule has 2 atom stereocenters. The fourth-order valence-electron chi connectivity index (χ4n) is 2.43. The van der Waals surface area contributed by atoms with E-state index in [0.717, 1.165) is 5.56 Å². The molecule has 0 aliphatic carbocycles. The van der Waals surface area contributed by atoms with Crippen molar-refractivity contribution in [3.63, 3.8) is 0 Å². The Hall–Kier alpha value is -3.29. The van der Waals surface area contributed by atoms with E-state index in [0.29, 0.717) is 5.69 Å². The van der Waals surface area contributed by atoms with E-state index >= 15 is 0 Å². The molecule has 170 valence electrons. The molecular weight excluding hydrogens is 431 g/mol. The number of pyridine rings is 1. The molecule has 0 saturated heterocycles. The number of nitrogens with zero attached hydrogens (tertiary/aromatic N) is 3. The average Bonchev–Trinajstić information content (AvgIpc) is 2.79. The van der Waals surface area contributed by atoms with Crippen LogP contribution in [0.1, 0.15) is 55.6 Å². The van der Waals surface area contributed by atoms with Crippen LogP contribution in [0.15, 0.2) is 54.9 Å². The van der Waals surface area contributed by atoms with Gasteiger partial charge in [-0.15, -0.1) is 0 Å². The van der Waals surface area contributed by atoms with Crippen molar-refractivity contribution in [1.82, 2.24) is 20.3 Å². The molecule has 0 aliphatic rings. The van der Waals surface area contributed by atoms with Crippen LogP contribution in [0.5, 0.6) is 11.6 Å². The highest BCUT2D eigenvalue weighted by Crippen LogP contribution is 2.25. The Kier molecular flexibility index (Phi) is 9.78. The number of rotatable bonds is 7. The van der Waals surface area contributed by atoms with Crippen LogP contribution in [0.25, 0.3) is 11.5 Å². The second kappa shape index (κ2) is 12.5. The van der Waals surface area contributed by atoms with Crippen molar-refractivity contribution in [1.29, 1.82) is 0 Å². The molecule has 1 amide bonds. The minimum atomic E-state index is -3.07. The molecule has 3 rings (SSSR count). The number of aromatic hydroxyl groups is 1. The van der Waals surface area contributed by atoms with Crippen LogP contribution < -0.4 is 9.84 Å². The van der Waals surface area contributed by atoms with Crippen LogP contribution in [0.2, 0.25) is 0 Å². The number of aromatic nitrogens is 3. The fraction of sp³-hybridized carbons (Fsp3) is 0.273.